The summed E-state index contributed by atoms with van der Waals surface area (Å²) in [6, 6.07) is 21.0. The highest BCUT2D eigenvalue weighted by Gasteiger charge is 2.29. The van der Waals surface area contributed by atoms with Gasteiger partial charge in [0.05, 0.1) is 29.7 Å². The summed E-state index contributed by atoms with van der Waals surface area (Å²) >= 11 is 6.58. The highest BCUT2D eigenvalue weighted by atomic mass is 35.5. The molecule has 3 aromatic carbocycles. The second-order valence-corrected chi connectivity index (χ2v) is 12.0. The molecule has 0 fully saturated rings. The summed E-state index contributed by atoms with van der Waals surface area (Å²) in [6.07, 6.45) is 3.18. The quantitative estimate of drug-likeness (QED) is 0.213. The molecule has 1 unspecified atom stereocenters. The summed E-state index contributed by atoms with van der Waals surface area (Å²) < 4.78 is 10.3. The predicted octanol–water partition coefficient (Wildman–Crippen LogP) is 6.99. The highest BCUT2D eigenvalue weighted by molar-refractivity contribution is 6.30. The molecule has 232 valence electrons. The summed E-state index contributed by atoms with van der Waals surface area (Å²) in [5.41, 5.74) is 9.21. The number of aromatic hydroxyl groups is 1. The van der Waals surface area contributed by atoms with Gasteiger partial charge in [-0.05, 0) is 78.6 Å². The van der Waals surface area contributed by atoms with Crippen LogP contribution in [0.5, 0.6) is 11.5 Å². The van der Waals surface area contributed by atoms with Gasteiger partial charge in [0.2, 0.25) is 0 Å². The number of hydrogen-bond acceptors (Lipinski definition) is 5. The summed E-state index contributed by atoms with van der Waals surface area (Å²) in [6.45, 7) is 4.91. The van der Waals surface area contributed by atoms with Gasteiger partial charge < -0.3 is 14.4 Å². The van der Waals surface area contributed by atoms with E-state index < -0.39 is 0 Å². The Balaban J connectivity index is 0.00000357. The average Bonchev–Trinajstić information content (AvgIpc) is 3.52. The fourth-order valence-electron chi connectivity index (χ4n) is 6.52. The first-order valence-corrected chi connectivity index (χ1v) is 15.2. The van der Waals surface area contributed by atoms with Crippen LogP contribution in [0.1, 0.15) is 38.4 Å². The molecule has 0 saturated heterocycles. The fraction of sp³-hybridized carbons (Fsp3) is 0.257. The van der Waals surface area contributed by atoms with Crippen LogP contribution in [0.4, 0.5) is 11.4 Å². The number of aryl methyl sites for hydroxylation is 1. The molecule has 1 amide bonds. The number of anilines is 2. The van der Waals surface area contributed by atoms with Gasteiger partial charge in [0.15, 0.2) is 0 Å². The molecule has 0 spiro atoms. The van der Waals surface area contributed by atoms with Crippen molar-refractivity contribution in [1.29, 1.82) is 0 Å². The van der Waals surface area contributed by atoms with E-state index >= 15 is 0 Å². The van der Waals surface area contributed by atoms with Crippen molar-refractivity contribution < 1.29 is 14.6 Å². The van der Waals surface area contributed by atoms with E-state index in [1.165, 1.54) is 11.1 Å². The number of halogens is 2. The lowest BCUT2D eigenvalue weighted by Gasteiger charge is -2.30. The van der Waals surface area contributed by atoms with Gasteiger partial charge in [0.1, 0.15) is 11.5 Å². The van der Waals surface area contributed by atoms with E-state index in [0.29, 0.717) is 35.0 Å². The molecule has 0 radical (unpaired) electrons. The summed E-state index contributed by atoms with van der Waals surface area (Å²) in [5.74, 6) is 0.853. The Morgan fingerprint density at radius 3 is 2.51 bits per heavy atom. The second kappa shape index (κ2) is 12.3. The number of rotatable bonds is 1. The number of amides is 1. The van der Waals surface area contributed by atoms with Gasteiger partial charge in [-0.15, -0.1) is 12.4 Å². The predicted molar refractivity (Wildman–Crippen MR) is 179 cm³/mol. The van der Waals surface area contributed by atoms with Crippen molar-refractivity contribution in [2.45, 2.75) is 32.9 Å². The number of phenols is 1. The first-order valence-electron chi connectivity index (χ1n) is 14.8. The topological polar surface area (TPSA) is 75.8 Å². The van der Waals surface area contributed by atoms with E-state index in [2.05, 4.69) is 38.8 Å². The Morgan fingerprint density at radius 1 is 0.933 bits per heavy atom. The van der Waals surface area contributed by atoms with Gasteiger partial charge in [-0.25, -0.2) is 0 Å². The molecule has 8 nitrogen and oxygen atoms in total. The molecule has 10 heteroatoms. The standard InChI is InChI=1S/C35H34ClN5O3.ClH/c1-22-29-18-32(38(22)2)30-17-25(36)8-7-24(30)21-40-15-13-28-23(20-40)5-4-6-34(28)44-16-14-31-33(19-37-39(31)3)41(35(29)43)26-9-11-27(42)12-10-26;/h4-12,17-19,42H,13-16,20-21H2,1-3H3;1H. The Morgan fingerprint density at radius 2 is 1.71 bits per heavy atom. The van der Waals surface area contributed by atoms with Crippen LogP contribution < -0.4 is 9.64 Å². The molecule has 1 N–H and O–H groups in total. The zero-order chi connectivity index (χ0) is 30.5. The summed E-state index contributed by atoms with van der Waals surface area (Å²) in [5, 5.41) is 15.3. The maximum atomic E-state index is 14.6. The van der Waals surface area contributed by atoms with E-state index in [9.17, 15) is 9.90 Å². The lowest BCUT2D eigenvalue weighted by Crippen LogP contribution is -2.30. The molecule has 1 atom stereocenters. The third-order valence-corrected chi connectivity index (χ3v) is 9.23. The minimum atomic E-state index is -0.187. The molecule has 45 heavy (non-hydrogen) atoms. The van der Waals surface area contributed by atoms with Crippen molar-refractivity contribution >= 4 is 41.3 Å². The average molecular weight is 645 g/mol. The lowest BCUT2D eigenvalue weighted by atomic mass is 9.97. The van der Waals surface area contributed by atoms with E-state index in [0.717, 1.165) is 60.0 Å². The number of carbonyl (C=O) groups excluding carboxylic acids is 1. The van der Waals surface area contributed by atoms with E-state index in [1.807, 2.05) is 39.2 Å². The first-order chi connectivity index (χ1) is 21.3. The van der Waals surface area contributed by atoms with Gasteiger partial charge in [-0.1, -0.05) is 29.8 Å². The minimum Gasteiger partial charge on any atom is -0.508 e. The minimum absolute atomic E-state index is 0. The smallest absolute Gasteiger partial charge is 0.264 e. The Labute approximate surface area is 273 Å². The zero-order valence-corrected chi connectivity index (χ0v) is 27.0. The van der Waals surface area contributed by atoms with Crippen LogP contribution in [0, 0.1) is 6.92 Å². The molecule has 3 aliphatic rings. The maximum Gasteiger partial charge on any atom is 0.264 e. The van der Waals surface area contributed by atoms with Crippen LogP contribution in [-0.4, -0.2) is 43.4 Å². The van der Waals surface area contributed by atoms with Gasteiger partial charge >= 0.3 is 0 Å². The Kier molecular flexibility index (Phi) is 8.39. The Hall–Kier alpha value is -4.24. The van der Waals surface area contributed by atoms with Gasteiger partial charge in [0.25, 0.3) is 5.91 Å². The summed E-state index contributed by atoms with van der Waals surface area (Å²) in [7, 11) is 3.88. The molecule has 6 bridgehead atoms. The van der Waals surface area contributed by atoms with E-state index in [1.54, 1.807) is 40.0 Å². The number of phenolic OH excluding ortho intramolecular Hbond substituents is 1. The van der Waals surface area contributed by atoms with Crippen molar-refractivity contribution in [3.05, 3.63) is 112 Å². The molecular weight excluding hydrogens is 609 g/mol. The third kappa shape index (κ3) is 5.58. The lowest BCUT2D eigenvalue weighted by molar-refractivity contribution is 0.0998. The van der Waals surface area contributed by atoms with Crippen molar-refractivity contribution in [2.75, 3.05) is 18.1 Å². The zero-order valence-electron chi connectivity index (χ0n) is 25.5. The van der Waals surface area contributed by atoms with Crippen molar-refractivity contribution in [1.82, 2.24) is 19.2 Å². The first kappa shape index (κ1) is 30.8. The largest absolute Gasteiger partial charge is 0.508 e. The maximum absolute atomic E-state index is 14.6. The number of benzene rings is 3. The molecule has 2 aromatic heterocycles. The van der Waals surface area contributed by atoms with Crippen LogP contribution >= 0.6 is 24.0 Å². The van der Waals surface area contributed by atoms with Crippen LogP contribution in [-0.2, 0) is 40.0 Å². The Bertz CT molecular complexity index is 1900. The number of carbonyl (C=O) groups is 1. The SMILES string of the molecule is Cc1c2cc(n1C)-c1cc(Cl)ccc1CN1CCc3c(cccc3OCCc3c(cnn3C)N(c3ccc(O)cc3)C2=O)C1.Cl. The molecular formula is C35H35Cl2N5O3. The number of fused-ring (bicyclic) bond motifs is 4. The third-order valence-electron chi connectivity index (χ3n) is 9.00. The number of nitrogens with zero attached hydrogens (tertiary/aromatic N) is 5. The highest BCUT2D eigenvalue weighted by Crippen LogP contribution is 2.37. The fourth-order valence-corrected chi connectivity index (χ4v) is 6.69. The second-order valence-electron chi connectivity index (χ2n) is 11.6. The molecule has 5 heterocycles. The van der Waals surface area contributed by atoms with Gasteiger partial charge in [-0.2, -0.15) is 5.10 Å². The van der Waals surface area contributed by atoms with E-state index in [-0.39, 0.29) is 24.1 Å². The van der Waals surface area contributed by atoms with Crippen molar-refractivity contribution in [3.8, 4) is 22.8 Å². The van der Waals surface area contributed by atoms with Crippen LogP contribution in [0.25, 0.3) is 11.3 Å². The summed E-state index contributed by atoms with van der Waals surface area (Å²) in [4.78, 5) is 18.8. The van der Waals surface area contributed by atoms with Crippen LogP contribution in [0.15, 0.2) is 72.9 Å². The van der Waals surface area contributed by atoms with Crippen molar-refractivity contribution in [3.63, 3.8) is 0 Å². The molecule has 0 saturated carbocycles. The monoisotopic (exact) mass is 643 g/mol. The molecule has 3 aliphatic heterocycles. The van der Waals surface area contributed by atoms with Gasteiger partial charge in [0, 0.05) is 67.8 Å². The van der Waals surface area contributed by atoms with E-state index in [4.69, 9.17) is 16.3 Å². The number of hydrogen-bond donors (Lipinski definition) is 1. The molecule has 0 aliphatic carbocycles. The number of ether oxygens (including phenoxy) is 1. The van der Waals surface area contributed by atoms with Crippen molar-refractivity contribution in [2.24, 2.45) is 14.1 Å². The molecule has 8 rings (SSSR count). The molecule has 5 aromatic rings. The number of aromatic nitrogens is 3. The normalized spacial score (nSPS) is 16.2. The van der Waals surface area contributed by atoms with Crippen LogP contribution in [0.2, 0.25) is 5.02 Å². The van der Waals surface area contributed by atoms with Crippen LogP contribution in [0.3, 0.4) is 0 Å². The van der Waals surface area contributed by atoms with Gasteiger partial charge in [-0.3, -0.25) is 19.3 Å².